The lowest BCUT2D eigenvalue weighted by atomic mass is 10.1. The Morgan fingerprint density at radius 2 is 1.88 bits per heavy atom. The zero-order valence-corrected chi connectivity index (χ0v) is 11.6. The van der Waals surface area contributed by atoms with Gasteiger partial charge in [-0.3, -0.25) is 4.99 Å². The van der Waals surface area contributed by atoms with E-state index in [4.69, 9.17) is 17.3 Å². The van der Waals surface area contributed by atoms with Crippen LogP contribution in [0.25, 0.3) is 0 Å². The summed E-state index contributed by atoms with van der Waals surface area (Å²) in [5.74, 6) is 0.535. The summed E-state index contributed by atoms with van der Waals surface area (Å²) in [4.78, 5) is 6.26. The summed E-state index contributed by atoms with van der Waals surface area (Å²) in [5, 5.41) is 0.754. The molecule has 0 spiro atoms. The van der Waals surface area contributed by atoms with Crippen LogP contribution in [-0.4, -0.2) is 23.9 Å². The highest BCUT2D eigenvalue weighted by Gasteiger charge is 2.16. The molecule has 0 amide bonds. The van der Waals surface area contributed by atoms with Gasteiger partial charge in [-0.05, 0) is 32.4 Å². The predicted molar refractivity (Wildman–Crippen MR) is 74.4 cm³/mol. The van der Waals surface area contributed by atoms with Gasteiger partial charge in [0.15, 0.2) is 5.96 Å². The van der Waals surface area contributed by atoms with Gasteiger partial charge in [-0.1, -0.05) is 29.8 Å². The van der Waals surface area contributed by atoms with Crippen molar-refractivity contribution >= 4 is 17.6 Å². The van der Waals surface area contributed by atoms with Gasteiger partial charge in [0, 0.05) is 18.1 Å². The monoisotopic (exact) mass is 253 g/mol. The van der Waals surface area contributed by atoms with Crippen molar-refractivity contribution in [3.63, 3.8) is 0 Å². The third kappa shape index (κ3) is 3.63. The smallest absolute Gasteiger partial charge is 0.191 e. The molecule has 0 saturated heterocycles. The number of nitrogens with zero attached hydrogens (tertiary/aromatic N) is 2. The van der Waals surface area contributed by atoms with Crippen molar-refractivity contribution < 1.29 is 0 Å². The summed E-state index contributed by atoms with van der Waals surface area (Å²) in [7, 11) is 1.93. The number of hydrogen-bond donors (Lipinski definition) is 1. The van der Waals surface area contributed by atoms with Gasteiger partial charge in [-0.15, -0.1) is 0 Å². The molecule has 1 atom stereocenters. The lowest BCUT2D eigenvalue weighted by molar-refractivity contribution is 0.395. The van der Waals surface area contributed by atoms with E-state index >= 15 is 0 Å². The Labute approximate surface area is 108 Å². The summed E-state index contributed by atoms with van der Waals surface area (Å²) < 4.78 is 0. The molecule has 94 valence electrons. The maximum atomic E-state index is 6.17. The molecule has 0 aliphatic carbocycles. The van der Waals surface area contributed by atoms with Crippen molar-refractivity contribution in [2.24, 2.45) is 10.7 Å². The van der Waals surface area contributed by atoms with Crippen molar-refractivity contribution in [2.75, 3.05) is 7.05 Å². The van der Waals surface area contributed by atoms with Crippen molar-refractivity contribution in [3.05, 3.63) is 34.9 Å². The molecular weight excluding hydrogens is 234 g/mol. The highest BCUT2D eigenvalue weighted by Crippen LogP contribution is 2.25. The van der Waals surface area contributed by atoms with E-state index in [1.807, 2.05) is 50.1 Å². The average Bonchev–Trinajstić information content (AvgIpc) is 2.27. The first kappa shape index (κ1) is 13.8. The Hall–Kier alpha value is -1.22. The number of halogens is 1. The molecule has 1 aromatic carbocycles. The van der Waals surface area contributed by atoms with E-state index in [1.54, 1.807) is 0 Å². The maximum absolute atomic E-state index is 6.17. The fourth-order valence-corrected chi connectivity index (χ4v) is 1.87. The molecule has 0 heterocycles. The number of aliphatic imine (C=N–C) groups is 1. The largest absolute Gasteiger partial charge is 0.370 e. The van der Waals surface area contributed by atoms with Crippen LogP contribution in [0.3, 0.4) is 0 Å². The van der Waals surface area contributed by atoms with Crippen LogP contribution in [0.1, 0.15) is 32.4 Å². The second-order valence-corrected chi connectivity index (χ2v) is 4.80. The van der Waals surface area contributed by atoms with Gasteiger partial charge in [0.05, 0.1) is 6.04 Å². The van der Waals surface area contributed by atoms with Crippen LogP contribution in [0, 0.1) is 0 Å². The highest BCUT2D eigenvalue weighted by atomic mass is 35.5. The van der Waals surface area contributed by atoms with E-state index in [-0.39, 0.29) is 12.1 Å². The fraction of sp³-hybridized carbons (Fsp3) is 0.462. The number of benzene rings is 1. The second kappa shape index (κ2) is 5.92. The minimum atomic E-state index is 0.103. The Morgan fingerprint density at radius 1 is 1.29 bits per heavy atom. The number of nitrogens with two attached hydrogens (primary N) is 1. The number of hydrogen-bond acceptors (Lipinski definition) is 1. The van der Waals surface area contributed by atoms with Gasteiger partial charge in [0.25, 0.3) is 0 Å². The average molecular weight is 254 g/mol. The summed E-state index contributed by atoms with van der Waals surface area (Å²) in [5.41, 5.74) is 6.99. The maximum Gasteiger partial charge on any atom is 0.191 e. The minimum absolute atomic E-state index is 0.103. The van der Waals surface area contributed by atoms with Gasteiger partial charge < -0.3 is 10.6 Å². The van der Waals surface area contributed by atoms with E-state index in [0.29, 0.717) is 5.96 Å². The molecule has 0 aliphatic heterocycles. The minimum Gasteiger partial charge on any atom is -0.370 e. The number of guanidine groups is 1. The molecule has 0 radical (unpaired) electrons. The Balaban J connectivity index is 2.91. The first-order valence-electron chi connectivity index (χ1n) is 5.74. The van der Waals surface area contributed by atoms with Crippen LogP contribution in [0.2, 0.25) is 5.02 Å². The van der Waals surface area contributed by atoms with Crippen molar-refractivity contribution in [2.45, 2.75) is 32.9 Å². The molecule has 0 bridgehead atoms. The summed E-state index contributed by atoms with van der Waals surface area (Å²) in [6.45, 7) is 6.06. The Kier molecular flexibility index (Phi) is 4.82. The van der Waals surface area contributed by atoms with E-state index in [1.165, 1.54) is 0 Å². The predicted octanol–water partition coefficient (Wildman–Crippen LogP) is 3.06. The molecular formula is C13H20ClN3. The normalized spacial score (nSPS) is 13.9. The molecule has 0 saturated carbocycles. The lowest BCUT2D eigenvalue weighted by Crippen LogP contribution is -2.36. The lowest BCUT2D eigenvalue weighted by Gasteiger charge is -2.27. The standard InChI is InChI=1S/C13H20ClN3/c1-9(2)16-13(15)17(4)10(3)11-7-5-6-8-12(11)14/h5-10H,1-4H3,(H2,15,16). The van der Waals surface area contributed by atoms with Crippen LogP contribution in [-0.2, 0) is 0 Å². The number of rotatable bonds is 3. The van der Waals surface area contributed by atoms with Gasteiger partial charge in [0.1, 0.15) is 0 Å². The topological polar surface area (TPSA) is 41.6 Å². The summed E-state index contributed by atoms with van der Waals surface area (Å²) in [6, 6.07) is 8.08. The first-order valence-corrected chi connectivity index (χ1v) is 6.11. The molecule has 3 nitrogen and oxygen atoms in total. The quantitative estimate of drug-likeness (QED) is 0.665. The fourth-order valence-electron chi connectivity index (χ4n) is 1.58. The molecule has 1 aromatic rings. The van der Waals surface area contributed by atoms with Gasteiger partial charge in [-0.25, -0.2) is 0 Å². The third-order valence-electron chi connectivity index (χ3n) is 2.69. The molecule has 1 rings (SSSR count). The molecule has 0 fully saturated rings. The van der Waals surface area contributed by atoms with Crippen molar-refractivity contribution in [1.29, 1.82) is 0 Å². The molecule has 4 heteroatoms. The molecule has 0 aromatic heterocycles. The second-order valence-electron chi connectivity index (χ2n) is 4.39. The van der Waals surface area contributed by atoms with Crippen LogP contribution in [0.15, 0.2) is 29.3 Å². The summed E-state index contributed by atoms with van der Waals surface area (Å²) >= 11 is 6.17. The highest BCUT2D eigenvalue weighted by molar-refractivity contribution is 6.31. The van der Waals surface area contributed by atoms with Gasteiger partial charge >= 0.3 is 0 Å². The Bertz CT molecular complexity index is 401. The van der Waals surface area contributed by atoms with E-state index in [0.717, 1.165) is 10.6 Å². The SMILES string of the molecule is CC(C)N=C(N)N(C)C(C)c1ccccc1Cl. The van der Waals surface area contributed by atoms with Crippen molar-refractivity contribution in [1.82, 2.24) is 4.90 Å². The molecule has 17 heavy (non-hydrogen) atoms. The molecule has 1 unspecified atom stereocenters. The Morgan fingerprint density at radius 3 is 2.41 bits per heavy atom. The van der Waals surface area contributed by atoms with E-state index in [2.05, 4.69) is 11.9 Å². The molecule has 0 aliphatic rings. The van der Waals surface area contributed by atoms with Crippen molar-refractivity contribution in [3.8, 4) is 0 Å². The summed E-state index contributed by atoms with van der Waals surface area (Å²) in [6.07, 6.45) is 0. The van der Waals surface area contributed by atoms with Crippen LogP contribution < -0.4 is 5.73 Å². The first-order chi connectivity index (χ1) is 7.93. The zero-order chi connectivity index (χ0) is 13.0. The van der Waals surface area contributed by atoms with E-state index < -0.39 is 0 Å². The van der Waals surface area contributed by atoms with Gasteiger partial charge in [-0.2, -0.15) is 0 Å². The van der Waals surface area contributed by atoms with Crippen LogP contribution in [0.5, 0.6) is 0 Å². The zero-order valence-electron chi connectivity index (χ0n) is 10.8. The van der Waals surface area contributed by atoms with Crippen LogP contribution in [0.4, 0.5) is 0 Å². The van der Waals surface area contributed by atoms with Crippen LogP contribution >= 0.6 is 11.6 Å². The van der Waals surface area contributed by atoms with E-state index in [9.17, 15) is 0 Å². The van der Waals surface area contributed by atoms with Gasteiger partial charge in [0.2, 0.25) is 0 Å². The molecule has 2 N–H and O–H groups in total. The third-order valence-corrected chi connectivity index (χ3v) is 3.03.